The zero-order valence-electron chi connectivity index (χ0n) is 12.6. The lowest BCUT2D eigenvalue weighted by molar-refractivity contribution is -0.121. The van der Waals surface area contributed by atoms with Crippen LogP contribution in [0, 0.1) is 11.8 Å². The van der Waals surface area contributed by atoms with Gasteiger partial charge in [-0.1, -0.05) is 6.92 Å². The molecule has 1 saturated carbocycles. The maximum atomic E-state index is 12.1. The summed E-state index contributed by atoms with van der Waals surface area (Å²) >= 11 is 0. The number of carbonyl (C=O) groups is 2. The van der Waals surface area contributed by atoms with Crippen molar-refractivity contribution in [3.63, 3.8) is 0 Å². The van der Waals surface area contributed by atoms with Crippen molar-refractivity contribution >= 4 is 29.9 Å². The Morgan fingerprint density at radius 3 is 2.32 bits per heavy atom. The minimum Gasteiger partial charge on any atom is -0.349 e. The molecule has 3 N–H and O–H groups in total. The molecule has 3 rings (SSSR count). The molecule has 1 heterocycles. The fraction of sp³-hybridized carbons (Fsp3) is 0.500. The van der Waals surface area contributed by atoms with Gasteiger partial charge in [-0.05, 0) is 56.1 Å². The highest BCUT2D eigenvalue weighted by Crippen LogP contribution is 2.20. The predicted octanol–water partition coefficient (Wildman–Crippen LogP) is 1.79. The van der Waals surface area contributed by atoms with E-state index in [0.717, 1.165) is 31.6 Å². The fourth-order valence-electron chi connectivity index (χ4n) is 2.34. The Hall–Kier alpha value is -1.59. The molecule has 5 nitrogen and oxygen atoms in total. The second-order valence-corrected chi connectivity index (χ2v) is 6.02. The average Bonchev–Trinajstić information content (AvgIpc) is 3.21. The van der Waals surface area contributed by atoms with Crippen LogP contribution in [-0.2, 0) is 4.79 Å². The van der Waals surface area contributed by atoms with Crippen molar-refractivity contribution in [2.45, 2.75) is 25.8 Å². The number of amides is 2. The predicted molar refractivity (Wildman–Crippen MR) is 88.3 cm³/mol. The van der Waals surface area contributed by atoms with Gasteiger partial charge in [0.1, 0.15) is 0 Å². The van der Waals surface area contributed by atoms with E-state index in [1.807, 2.05) is 6.92 Å². The smallest absolute Gasteiger partial charge is 0.251 e. The molecule has 2 aliphatic rings. The largest absolute Gasteiger partial charge is 0.349 e. The van der Waals surface area contributed by atoms with E-state index in [9.17, 15) is 9.59 Å². The van der Waals surface area contributed by atoms with Crippen molar-refractivity contribution in [3.05, 3.63) is 29.8 Å². The minimum atomic E-state index is -0.0377. The van der Waals surface area contributed by atoms with E-state index in [1.54, 1.807) is 24.3 Å². The second kappa shape index (κ2) is 7.11. The second-order valence-electron chi connectivity index (χ2n) is 6.02. The van der Waals surface area contributed by atoms with Gasteiger partial charge in [0.15, 0.2) is 0 Å². The van der Waals surface area contributed by atoms with E-state index in [-0.39, 0.29) is 30.1 Å². The highest BCUT2D eigenvalue weighted by Gasteiger charge is 2.28. The first kappa shape index (κ1) is 16.8. The van der Waals surface area contributed by atoms with E-state index in [4.69, 9.17) is 0 Å². The highest BCUT2D eigenvalue weighted by atomic mass is 35.5. The number of nitrogens with one attached hydrogen (secondary N) is 3. The Morgan fingerprint density at radius 2 is 1.82 bits per heavy atom. The molecule has 1 aromatic carbocycles. The molecule has 120 valence electrons. The lowest BCUT2D eigenvalue weighted by atomic mass is 9.88. The molecule has 0 spiro atoms. The molecule has 1 unspecified atom stereocenters. The molecule has 1 aliphatic heterocycles. The summed E-state index contributed by atoms with van der Waals surface area (Å²) in [6.07, 6.45) is 2.15. The summed E-state index contributed by atoms with van der Waals surface area (Å²) in [6, 6.07) is 7.43. The molecular formula is C16H22ClN3O2. The number of anilines is 1. The molecule has 0 radical (unpaired) electrons. The van der Waals surface area contributed by atoms with Gasteiger partial charge in [0.2, 0.25) is 5.91 Å². The molecule has 0 bridgehead atoms. The maximum absolute atomic E-state index is 12.1. The van der Waals surface area contributed by atoms with Crippen molar-refractivity contribution in [2.24, 2.45) is 11.8 Å². The molecular weight excluding hydrogens is 302 g/mol. The number of hydrogen-bond acceptors (Lipinski definition) is 3. The van der Waals surface area contributed by atoms with E-state index < -0.39 is 0 Å². The van der Waals surface area contributed by atoms with Crippen molar-refractivity contribution in [2.75, 3.05) is 18.4 Å². The Balaban J connectivity index is 0.00000176. The molecule has 1 aromatic rings. The number of carbonyl (C=O) groups excluding carboxylic acids is 2. The highest BCUT2D eigenvalue weighted by molar-refractivity contribution is 5.96. The molecule has 0 aromatic heterocycles. The summed E-state index contributed by atoms with van der Waals surface area (Å²) in [5.74, 6) is 0.429. The third-order valence-electron chi connectivity index (χ3n) is 4.26. The van der Waals surface area contributed by atoms with Crippen LogP contribution in [0.25, 0.3) is 0 Å². The van der Waals surface area contributed by atoms with E-state index in [1.165, 1.54) is 0 Å². The van der Waals surface area contributed by atoms with Crippen LogP contribution in [0.5, 0.6) is 0 Å². The summed E-state index contributed by atoms with van der Waals surface area (Å²) in [4.78, 5) is 24.0. The molecule has 6 heteroatoms. The molecule has 2 amide bonds. The van der Waals surface area contributed by atoms with Gasteiger partial charge in [-0.15, -0.1) is 12.4 Å². The summed E-state index contributed by atoms with van der Waals surface area (Å²) in [6.45, 7) is 3.78. The Labute approximate surface area is 136 Å². The van der Waals surface area contributed by atoms with E-state index >= 15 is 0 Å². The summed E-state index contributed by atoms with van der Waals surface area (Å²) in [5, 5.41) is 9.03. The van der Waals surface area contributed by atoms with Crippen LogP contribution in [0.2, 0.25) is 0 Å². The summed E-state index contributed by atoms with van der Waals surface area (Å²) < 4.78 is 0. The normalized spacial score (nSPS) is 18.6. The summed E-state index contributed by atoms with van der Waals surface area (Å²) in [7, 11) is 0. The van der Waals surface area contributed by atoms with Crippen LogP contribution in [-0.4, -0.2) is 30.9 Å². The number of benzene rings is 1. The topological polar surface area (TPSA) is 70.2 Å². The molecule has 22 heavy (non-hydrogen) atoms. The number of rotatable bonds is 5. The monoisotopic (exact) mass is 323 g/mol. The van der Waals surface area contributed by atoms with Gasteiger partial charge in [-0.3, -0.25) is 9.59 Å². The van der Waals surface area contributed by atoms with Gasteiger partial charge in [0.25, 0.3) is 5.91 Å². The van der Waals surface area contributed by atoms with Crippen molar-refractivity contribution in [3.8, 4) is 0 Å². The first-order valence-corrected chi connectivity index (χ1v) is 7.56. The number of halogens is 1. The molecule has 1 saturated heterocycles. The van der Waals surface area contributed by atoms with Crippen LogP contribution >= 0.6 is 12.4 Å². The first-order valence-electron chi connectivity index (χ1n) is 7.56. The van der Waals surface area contributed by atoms with Gasteiger partial charge >= 0.3 is 0 Å². The van der Waals surface area contributed by atoms with Gasteiger partial charge in [0.05, 0.1) is 0 Å². The van der Waals surface area contributed by atoms with Crippen molar-refractivity contribution in [1.82, 2.24) is 10.6 Å². The Bertz CT molecular complexity index is 539. The van der Waals surface area contributed by atoms with Crippen molar-refractivity contribution in [1.29, 1.82) is 0 Å². The van der Waals surface area contributed by atoms with Gasteiger partial charge in [0, 0.05) is 23.2 Å². The average molecular weight is 324 g/mol. The first-order chi connectivity index (χ1) is 10.1. The number of hydrogen-bond donors (Lipinski definition) is 3. The summed E-state index contributed by atoms with van der Waals surface area (Å²) in [5.41, 5.74) is 1.37. The van der Waals surface area contributed by atoms with E-state index in [2.05, 4.69) is 16.0 Å². The molecule has 1 aliphatic carbocycles. The van der Waals surface area contributed by atoms with Crippen molar-refractivity contribution < 1.29 is 9.59 Å². The van der Waals surface area contributed by atoms with Crippen LogP contribution < -0.4 is 16.0 Å². The Morgan fingerprint density at radius 1 is 1.18 bits per heavy atom. The Kier molecular flexibility index (Phi) is 5.42. The van der Waals surface area contributed by atoms with Gasteiger partial charge in [-0.2, -0.15) is 0 Å². The van der Waals surface area contributed by atoms with Gasteiger partial charge in [-0.25, -0.2) is 0 Å². The minimum absolute atomic E-state index is 0. The van der Waals surface area contributed by atoms with Crippen LogP contribution in [0.3, 0.4) is 0 Å². The third-order valence-corrected chi connectivity index (χ3v) is 4.26. The fourth-order valence-corrected chi connectivity index (χ4v) is 2.34. The quantitative estimate of drug-likeness (QED) is 0.774. The molecule has 2 fully saturated rings. The lowest BCUT2D eigenvalue weighted by Crippen LogP contribution is -2.48. The van der Waals surface area contributed by atoms with E-state index in [0.29, 0.717) is 17.5 Å². The molecule has 1 atom stereocenters. The van der Waals surface area contributed by atoms with Crippen LogP contribution in [0.4, 0.5) is 5.69 Å². The SMILES string of the molecule is CC(C(=O)Nc1ccc(C(=O)NC2CC2)cc1)C1CNC1.Cl. The zero-order valence-corrected chi connectivity index (χ0v) is 13.4. The third kappa shape index (κ3) is 3.99. The lowest BCUT2D eigenvalue weighted by Gasteiger charge is -2.31. The zero-order chi connectivity index (χ0) is 14.8. The van der Waals surface area contributed by atoms with Crippen LogP contribution in [0.1, 0.15) is 30.1 Å². The standard InChI is InChI=1S/C16H21N3O2.ClH/c1-10(12-8-17-9-12)15(20)18-13-4-2-11(3-5-13)16(21)19-14-6-7-14;/h2-5,10,12,14,17H,6-9H2,1H3,(H,18,20)(H,19,21);1H. The van der Waals surface area contributed by atoms with Gasteiger partial charge < -0.3 is 16.0 Å². The van der Waals surface area contributed by atoms with Crippen LogP contribution in [0.15, 0.2) is 24.3 Å². The maximum Gasteiger partial charge on any atom is 0.251 e.